The minimum Gasteiger partial charge on any atom is -0.495 e. The molecule has 0 unspecified atom stereocenters. The van der Waals surface area contributed by atoms with E-state index in [2.05, 4.69) is 11.4 Å². The maximum absolute atomic E-state index is 12.4. The van der Waals surface area contributed by atoms with Crippen LogP contribution in [0.25, 0.3) is 0 Å². The summed E-state index contributed by atoms with van der Waals surface area (Å²) in [6.45, 7) is 0. The highest BCUT2D eigenvalue weighted by Gasteiger charge is 2.13. The summed E-state index contributed by atoms with van der Waals surface area (Å²) in [5.41, 5.74) is 10.4. The summed E-state index contributed by atoms with van der Waals surface area (Å²) >= 11 is 0. The number of carbonyl (C=O) groups is 1. The van der Waals surface area contributed by atoms with Gasteiger partial charge in [-0.05, 0) is 67.1 Å². The number of nitrogen functional groups attached to an aromatic ring is 1. The van der Waals surface area contributed by atoms with Crippen molar-refractivity contribution >= 4 is 17.3 Å². The van der Waals surface area contributed by atoms with Crippen molar-refractivity contribution in [3.63, 3.8) is 0 Å². The summed E-state index contributed by atoms with van der Waals surface area (Å²) in [5, 5.41) is 2.88. The SMILES string of the molecule is COc1ccc(NC(=O)c2ccc3c(c2)CCCC3)cc1N. The van der Waals surface area contributed by atoms with Gasteiger partial charge in [0.05, 0.1) is 12.8 Å². The fraction of sp³-hybridized carbons (Fsp3) is 0.278. The summed E-state index contributed by atoms with van der Waals surface area (Å²) in [7, 11) is 1.57. The van der Waals surface area contributed by atoms with Gasteiger partial charge >= 0.3 is 0 Å². The zero-order valence-electron chi connectivity index (χ0n) is 12.7. The summed E-state index contributed by atoms with van der Waals surface area (Å²) in [4.78, 5) is 12.4. The van der Waals surface area contributed by atoms with E-state index in [1.165, 1.54) is 24.0 Å². The van der Waals surface area contributed by atoms with Crippen LogP contribution in [0.1, 0.15) is 34.3 Å². The van der Waals surface area contributed by atoms with Crippen LogP contribution in [0, 0.1) is 0 Å². The zero-order chi connectivity index (χ0) is 15.5. The molecule has 0 aliphatic heterocycles. The van der Waals surface area contributed by atoms with E-state index in [0.717, 1.165) is 12.8 Å². The lowest BCUT2D eigenvalue weighted by Crippen LogP contribution is -2.13. The third-order valence-corrected chi connectivity index (χ3v) is 4.10. The normalized spacial score (nSPS) is 13.3. The third-order valence-electron chi connectivity index (χ3n) is 4.10. The van der Waals surface area contributed by atoms with Crippen molar-refractivity contribution in [3.05, 3.63) is 53.1 Å². The number of carbonyl (C=O) groups excluding carboxylic acids is 1. The number of nitrogens with one attached hydrogen (secondary N) is 1. The number of benzene rings is 2. The molecule has 2 aromatic carbocycles. The molecule has 1 aliphatic rings. The van der Waals surface area contributed by atoms with Gasteiger partial charge in [0.25, 0.3) is 5.91 Å². The maximum Gasteiger partial charge on any atom is 0.255 e. The Balaban J connectivity index is 1.78. The number of rotatable bonds is 3. The Labute approximate surface area is 130 Å². The number of ether oxygens (including phenoxy) is 1. The van der Waals surface area contributed by atoms with Gasteiger partial charge in [-0.3, -0.25) is 4.79 Å². The molecule has 2 aromatic rings. The van der Waals surface area contributed by atoms with E-state index < -0.39 is 0 Å². The van der Waals surface area contributed by atoms with Gasteiger partial charge in [-0.25, -0.2) is 0 Å². The lowest BCUT2D eigenvalue weighted by Gasteiger charge is -2.16. The Morgan fingerprint density at radius 3 is 2.59 bits per heavy atom. The first-order chi connectivity index (χ1) is 10.7. The first-order valence-corrected chi connectivity index (χ1v) is 7.54. The molecule has 0 aromatic heterocycles. The Kier molecular flexibility index (Phi) is 4.00. The smallest absolute Gasteiger partial charge is 0.255 e. The lowest BCUT2D eigenvalue weighted by molar-refractivity contribution is 0.102. The van der Waals surface area contributed by atoms with Crippen LogP contribution in [0.15, 0.2) is 36.4 Å². The Morgan fingerprint density at radius 1 is 1.09 bits per heavy atom. The van der Waals surface area contributed by atoms with Crippen LogP contribution in [0.4, 0.5) is 11.4 Å². The number of hydrogen-bond donors (Lipinski definition) is 2. The Hall–Kier alpha value is -2.49. The van der Waals surface area contributed by atoms with Gasteiger partial charge in [0, 0.05) is 11.3 Å². The molecule has 1 aliphatic carbocycles. The number of hydrogen-bond acceptors (Lipinski definition) is 3. The van der Waals surface area contributed by atoms with Crippen LogP contribution in [0.3, 0.4) is 0 Å². The molecule has 4 heteroatoms. The van der Waals surface area contributed by atoms with E-state index >= 15 is 0 Å². The van der Waals surface area contributed by atoms with Gasteiger partial charge in [-0.1, -0.05) is 6.07 Å². The molecule has 22 heavy (non-hydrogen) atoms. The van der Waals surface area contributed by atoms with E-state index in [1.807, 2.05) is 12.1 Å². The predicted octanol–water partition coefficient (Wildman–Crippen LogP) is 3.41. The predicted molar refractivity (Wildman–Crippen MR) is 88.4 cm³/mol. The van der Waals surface area contributed by atoms with E-state index in [0.29, 0.717) is 22.7 Å². The second kappa shape index (κ2) is 6.10. The molecule has 0 saturated heterocycles. The Morgan fingerprint density at radius 2 is 1.86 bits per heavy atom. The number of fused-ring (bicyclic) bond motifs is 1. The molecule has 0 spiro atoms. The van der Waals surface area contributed by atoms with E-state index in [4.69, 9.17) is 10.5 Å². The number of nitrogens with two attached hydrogens (primary N) is 1. The molecular formula is C18H20N2O2. The highest BCUT2D eigenvalue weighted by Crippen LogP contribution is 2.26. The first kappa shape index (κ1) is 14.4. The van der Waals surface area contributed by atoms with Gasteiger partial charge < -0.3 is 15.8 Å². The summed E-state index contributed by atoms with van der Waals surface area (Å²) in [6.07, 6.45) is 4.62. The fourth-order valence-electron chi connectivity index (χ4n) is 2.89. The highest BCUT2D eigenvalue weighted by atomic mass is 16.5. The zero-order valence-corrected chi connectivity index (χ0v) is 12.7. The largest absolute Gasteiger partial charge is 0.495 e. The summed E-state index contributed by atoms with van der Waals surface area (Å²) < 4.78 is 5.11. The molecule has 1 amide bonds. The number of methoxy groups -OCH3 is 1. The average molecular weight is 296 g/mol. The molecule has 3 rings (SSSR count). The van der Waals surface area contributed by atoms with Gasteiger partial charge in [0.2, 0.25) is 0 Å². The van der Waals surface area contributed by atoms with Crippen LogP contribution >= 0.6 is 0 Å². The molecule has 0 fully saturated rings. The van der Waals surface area contributed by atoms with E-state index in [-0.39, 0.29) is 5.91 Å². The molecule has 114 valence electrons. The highest BCUT2D eigenvalue weighted by molar-refractivity contribution is 6.04. The van der Waals surface area contributed by atoms with Crippen molar-refractivity contribution in [1.82, 2.24) is 0 Å². The minimum absolute atomic E-state index is 0.113. The quantitative estimate of drug-likeness (QED) is 0.853. The standard InChI is InChI=1S/C18H20N2O2/c1-22-17-9-8-15(11-16(17)19)20-18(21)14-7-6-12-4-2-3-5-13(12)10-14/h6-11H,2-5,19H2,1H3,(H,20,21). The minimum atomic E-state index is -0.113. The topological polar surface area (TPSA) is 64.3 Å². The van der Waals surface area contributed by atoms with E-state index in [9.17, 15) is 4.79 Å². The number of anilines is 2. The van der Waals surface area contributed by atoms with Crippen molar-refractivity contribution in [2.24, 2.45) is 0 Å². The van der Waals surface area contributed by atoms with Gasteiger partial charge in [-0.2, -0.15) is 0 Å². The second-order valence-electron chi connectivity index (χ2n) is 5.60. The average Bonchev–Trinajstić information content (AvgIpc) is 2.54. The second-order valence-corrected chi connectivity index (χ2v) is 5.60. The van der Waals surface area contributed by atoms with Crippen LogP contribution in [-0.4, -0.2) is 13.0 Å². The Bertz CT molecular complexity index is 710. The monoisotopic (exact) mass is 296 g/mol. The summed E-state index contributed by atoms with van der Waals surface area (Å²) in [6, 6.07) is 11.2. The number of aryl methyl sites for hydroxylation is 2. The molecule has 0 atom stereocenters. The van der Waals surface area contributed by atoms with Crippen LogP contribution < -0.4 is 15.8 Å². The van der Waals surface area contributed by atoms with E-state index in [1.54, 1.807) is 25.3 Å². The first-order valence-electron chi connectivity index (χ1n) is 7.54. The van der Waals surface area contributed by atoms with Crippen molar-refractivity contribution in [2.75, 3.05) is 18.2 Å². The van der Waals surface area contributed by atoms with Gasteiger partial charge in [0.1, 0.15) is 5.75 Å². The van der Waals surface area contributed by atoms with Crippen molar-refractivity contribution in [1.29, 1.82) is 0 Å². The molecule has 0 heterocycles. The molecule has 0 radical (unpaired) electrons. The van der Waals surface area contributed by atoms with Crippen LogP contribution in [-0.2, 0) is 12.8 Å². The lowest BCUT2D eigenvalue weighted by atomic mass is 9.90. The van der Waals surface area contributed by atoms with Crippen molar-refractivity contribution in [2.45, 2.75) is 25.7 Å². The number of amides is 1. The molecule has 0 bridgehead atoms. The fourth-order valence-corrected chi connectivity index (χ4v) is 2.89. The summed E-state index contributed by atoms with van der Waals surface area (Å²) in [5.74, 6) is 0.490. The third kappa shape index (κ3) is 2.91. The van der Waals surface area contributed by atoms with Crippen molar-refractivity contribution < 1.29 is 9.53 Å². The molecule has 0 saturated carbocycles. The van der Waals surface area contributed by atoms with Crippen molar-refractivity contribution in [3.8, 4) is 5.75 Å². The van der Waals surface area contributed by atoms with Crippen LogP contribution in [0.2, 0.25) is 0 Å². The molecule has 3 N–H and O–H groups in total. The molecule has 4 nitrogen and oxygen atoms in total. The molecular weight excluding hydrogens is 276 g/mol. The van der Waals surface area contributed by atoms with Gasteiger partial charge in [-0.15, -0.1) is 0 Å². The maximum atomic E-state index is 12.4. The van der Waals surface area contributed by atoms with Gasteiger partial charge in [0.15, 0.2) is 0 Å². The van der Waals surface area contributed by atoms with Crippen LogP contribution in [0.5, 0.6) is 5.75 Å².